The first-order chi connectivity index (χ1) is 10.8. The number of aliphatic hydroxyl groups excluding tert-OH is 8. The zero-order valence-electron chi connectivity index (χ0n) is 12.0. The maximum atomic E-state index is 11.0. The van der Waals surface area contributed by atoms with E-state index in [0.29, 0.717) is 0 Å². The van der Waals surface area contributed by atoms with Crippen LogP contribution in [0.2, 0.25) is 0 Å². The van der Waals surface area contributed by atoms with Crippen molar-refractivity contribution in [1.29, 1.82) is 0 Å². The van der Waals surface area contributed by atoms with E-state index in [2.05, 4.69) is 0 Å². The Hall–Kier alpha value is -0.730. The van der Waals surface area contributed by atoms with Crippen molar-refractivity contribution in [2.45, 2.75) is 55.1 Å². The van der Waals surface area contributed by atoms with Crippen LogP contribution in [0.5, 0.6) is 0 Å². The van der Waals surface area contributed by atoms with Gasteiger partial charge in [0, 0.05) is 0 Å². The Morgan fingerprint density at radius 2 is 1.61 bits per heavy atom. The minimum atomic E-state index is -1.97. The Morgan fingerprint density at radius 3 is 2.09 bits per heavy atom. The molecule has 0 aromatic rings. The second-order valence-corrected chi connectivity index (χ2v) is 5.17. The quantitative estimate of drug-likeness (QED) is 0.196. The Morgan fingerprint density at radius 1 is 1.00 bits per heavy atom. The molecule has 9 atom stereocenters. The van der Waals surface area contributed by atoms with Crippen molar-refractivity contribution in [2.24, 2.45) is 0 Å². The van der Waals surface area contributed by atoms with E-state index in [4.69, 9.17) is 19.7 Å². The summed E-state index contributed by atoms with van der Waals surface area (Å²) in [5, 5.41) is 75.2. The summed E-state index contributed by atoms with van der Waals surface area (Å²) in [6.45, 7) is -1.60. The predicted octanol–water partition coefficient (Wildman–Crippen LogP) is -5.55. The van der Waals surface area contributed by atoms with Gasteiger partial charge in [-0.05, 0) is 0 Å². The van der Waals surface area contributed by atoms with Crippen LogP contribution in [0.1, 0.15) is 0 Å². The van der Waals surface area contributed by atoms with Crippen molar-refractivity contribution in [1.82, 2.24) is 0 Å². The minimum Gasteiger partial charge on any atom is -0.394 e. The molecule has 0 amide bonds. The molecule has 1 saturated heterocycles. The molecule has 0 bridgehead atoms. The molecule has 1 heterocycles. The fraction of sp³-hybridized carbons (Fsp3) is 0.917. The van der Waals surface area contributed by atoms with Gasteiger partial charge in [0.25, 0.3) is 0 Å². The van der Waals surface area contributed by atoms with Crippen molar-refractivity contribution >= 4 is 6.29 Å². The number of carbonyl (C=O) groups excluding carboxylic acids is 1. The monoisotopic (exact) mass is 342 g/mol. The number of hydrogen-bond acceptors (Lipinski definition) is 11. The van der Waals surface area contributed by atoms with E-state index in [1.165, 1.54) is 0 Å². The van der Waals surface area contributed by atoms with E-state index in [1.807, 2.05) is 0 Å². The van der Waals surface area contributed by atoms with Crippen LogP contribution in [0.15, 0.2) is 0 Å². The highest BCUT2D eigenvalue weighted by Gasteiger charge is 2.46. The summed E-state index contributed by atoms with van der Waals surface area (Å²) >= 11 is 0. The Balaban J connectivity index is 2.79. The molecular formula is C12H22O11. The van der Waals surface area contributed by atoms with Gasteiger partial charge in [-0.25, -0.2) is 0 Å². The van der Waals surface area contributed by atoms with E-state index in [9.17, 15) is 35.4 Å². The van der Waals surface area contributed by atoms with Gasteiger partial charge in [0.1, 0.15) is 48.8 Å². The molecule has 0 radical (unpaired) electrons. The standard InChI is InChI=1S/C12H22O11/c13-1-4(16)7(17)8(18)5(2-14)22-12-11(21)10(20)9(19)6(3-15)23-12/h2,4-13,15-21H,1,3H2/t4-,5+,6-,7-,8-,9-,10+,11-,12-/m1/s1. The largest absolute Gasteiger partial charge is 0.394 e. The third-order valence-electron chi connectivity index (χ3n) is 3.54. The topological polar surface area (TPSA) is 197 Å². The molecule has 1 fully saturated rings. The van der Waals surface area contributed by atoms with Crippen molar-refractivity contribution in [2.75, 3.05) is 13.2 Å². The van der Waals surface area contributed by atoms with Crippen LogP contribution in [0.25, 0.3) is 0 Å². The Labute approximate surface area is 130 Å². The van der Waals surface area contributed by atoms with E-state index >= 15 is 0 Å². The Bertz CT molecular complexity index is 365. The van der Waals surface area contributed by atoms with E-state index in [0.717, 1.165) is 0 Å². The molecule has 0 aliphatic carbocycles. The molecule has 136 valence electrons. The summed E-state index contributed by atoms with van der Waals surface area (Å²) < 4.78 is 9.94. The second-order valence-electron chi connectivity index (χ2n) is 5.17. The van der Waals surface area contributed by atoms with Crippen LogP contribution in [0.4, 0.5) is 0 Å². The van der Waals surface area contributed by atoms with Gasteiger partial charge in [-0.2, -0.15) is 0 Å². The van der Waals surface area contributed by atoms with Crippen LogP contribution < -0.4 is 0 Å². The fourth-order valence-corrected chi connectivity index (χ4v) is 2.06. The lowest BCUT2D eigenvalue weighted by atomic mass is 9.99. The third kappa shape index (κ3) is 4.64. The van der Waals surface area contributed by atoms with Gasteiger partial charge in [0.15, 0.2) is 12.6 Å². The maximum absolute atomic E-state index is 11.0. The average Bonchev–Trinajstić information content (AvgIpc) is 2.57. The van der Waals surface area contributed by atoms with Crippen molar-refractivity contribution in [3.8, 4) is 0 Å². The number of aldehydes is 1. The highest BCUT2D eigenvalue weighted by atomic mass is 16.7. The molecule has 0 spiro atoms. The normalized spacial score (nSPS) is 37.0. The lowest BCUT2D eigenvalue weighted by Gasteiger charge is -2.41. The van der Waals surface area contributed by atoms with Crippen LogP contribution in [-0.4, -0.2) is 115 Å². The number of rotatable bonds is 8. The van der Waals surface area contributed by atoms with Gasteiger partial charge in [-0.3, -0.25) is 0 Å². The number of aliphatic hydroxyl groups is 8. The van der Waals surface area contributed by atoms with Gasteiger partial charge < -0.3 is 55.1 Å². The molecule has 1 rings (SSSR count). The van der Waals surface area contributed by atoms with Gasteiger partial charge in [0.2, 0.25) is 0 Å². The van der Waals surface area contributed by atoms with E-state index < -0.39 is 68.3 Å². The SMILES string of the molecule is O=C[C@H](O[C@@H]1O[C@H](CO)[C@@H](O)[C@H](O)[C@H]1O)[C@@H](O)[C@H](O)[C@H](O)CO. The molecule has 23 heavy (non-hydrogen) atoms. The summed E-state index contributed by atoms with van der Waals surface area (Å²) in [5.41, 5.74) is 0. The maximum Gasteiger partial charge on any atom is 0.187 e. The molecule has 0 aromatic carbocycles. The molecule has 11 nitrogen and oxygen atoms in total. The summed E-state index contributed by atoms with van der Waals surface area (Å²) in [7, 11) is 0. The number of carbonyl (C=O) groups is 1. The van der Waals surface area contributed by atoms with Crippen LogP contribution in [0.3, 0.4) is 0 Å². The van der Waals surface area contributed by atoms with Crippen molar-refractivity contribution in [3.05, 3.63) is 0 Å². The highest BCUT2D eigenvalue weighted by Crippen LogP contribution is 2.23. The van der Waals surface area contributed by atoms with E-state index in [1.54, 1.807) is 0 Å². The smallest absolute Gasteiger partial charge is 0.187 e. The lowest BCUT2D eigenvalue weighted by Crippen LogP contribution is -2.60. The van der Waals surface area contributed by atoms with Crippen molar-refractivity contribution < 1.29 is 55.1 Å². The summed E-state index contributed by atoms with van der Waals surface area (Å²) in [4.78, 5) is 11.0. The van der Waals surface area contributed by atoms with E-state index in [-0.39, 0.29) is 6.29 Å². The van der Waals surface area contributed by atoms with Crippen LogP contribution in [-0.2, 0) is 14.3 Å². The summed E-state index contributed by atoms with van der Waals surface area (Å²) in [6, 6.07) is 0. The highest BCUT2D eigenvalue weighted by molar-refractivity contribution is 5.57. The zero-order chi connectivity index (χ0) is 17.7. The van der Waals surface area contributed by atoms with Crippen molar-refractivity contribution in [3.63, 3.8) is 0 Å². The molecule has 0 aromatic heterocycles. The fourth-order valence-electron chi connectivity index (χ4n) is 2.06. The summed E-state index contributed by atoms with van der Waals surface area (Å²) in [6.07, 6.45) is -15.5. The molecule has 0 saturated carbocycles. The van der Waals surface area contributed by atoms with Crippen LogP contribution in [0, 0.1) is 0 Å². The first-order valence-corrected chi connectivity index (χ1v) is 6.84. The zero-order valence-corrected chi connectivity index (χ0v) is 12.0. The average molecular weight is 342 g/mol. The predicted molar refractivity (Wildman–Crippen MR) is 69.8 cm³/mol. The first-order valence-electron chi connectivity index (χ1n) is 6.84. The minimum absolute atomic E-state index is 0.0550. The molecule has 8 N–H and O–H groups in total. The first kappa shape index (κ1) is 20.3. The number of hydrogen-bond donors (Lipinski definition) is 8. The summed E-state index contributed by atoms with van der Waals surface area (Å²) in [5.74, 6) is 0. The molecule has 11 heteroatoms. The Kier molecular flexibility index (Phi) is 7.89. The molecule has 1 aliphatic heterocycles. The van der Waals surface area contributed by atoms with Gasteiger partial charge in [-0.15, -0.1) is 0 Å². The van der Waals surface area contributed by atoms with Gasteiger partial charge in [0.05, 0.1) is 13.2 Å². The van der Waals surface area contributed by atoms with Gasteiger partial charge >= 0.3 is 0 Å². The molecule has 1 aliphatic rings. The lowest BCUT2D eigenvalue weighted by molar-refractivity contribution is -0.315. The molecular weight excluding hydrogens is 320 g/mol. The second kappa shape index (κ2) is 8.94. The molecule has 0 unspecified atom stereocenters. The van der Waals surface area contributed by atoms with Crippen LogP contribution >= 0.6 is 0 Å². The number of ether oxygens (including phenoxy) is 2. The third-order valence-corrected chi connectivity index (χ3v) is 3.54. The van der Waals surface area contributed by atoms with Gasteiger partial charge in [-0.1, -0.05) is 0 Å².